The summed E-state index contributed by atoms with van der Waals surface area (Å²) in [6.07, 6.45) is 0.467. The minimum atomic E-state index is -0.253. The van der Waals surface area contributed by atoms with Crippen LogP contribution >= 0.6 is 11.6 Å². The van der Waals surface area contributed by atoms with Crippen LogP contribution in [0, 0.1) is 5.92 Å². The predicted octanol–water partition coefficient (Wildman–Crippen LogP) is 2.23. The summed E-state index contributed by atoms with van der Waals surface area (Å²) >= 11 is 6.03. The SMILES string of the molecule is COc1ccc(C(=O)CN2CCC(O)C(C)C2)cc1Cl. The van der Waals surface area contributed by atoms with Crippen molar-refractivity contribution in [2.75, 3.05) is 26.7 Å². The molecule has 4 nitrogen and oxygen atoms in total. The van der Waals surface area contributed by atoms with E-state index < -0.39 is 0 Å². The number of carbonyl (C=O) groups is 1. The largest absolute Gasteiger partial charge is 0.495 e. The van der Waals surface area contributed by atoms with Gasteiger partial charge in [0.1, 0.15) is 5.75 Å². The average Bonchev–Trinajstić information content (AvgIpc) is 2.42. The Labute approximate surface area is 124 Å². The molecule has 1 N–H and O–H groups in total. The lowest BCUT2D eigenvalue weighted by Crippen LogP contribution is -2.44. The fourth-order valence-corrected chi connectivity index (χ4v) is 2.76. The summed E-state index contributed by atoms with van der Waals surface area (Å²) in [5.41, 5.74) is 0.592. The van der Waals surface area contributed by atoms with Crippen LogP contribution < -0.4 is 4.74 Å². The van der Waals surface area contributed by atoms with E-state index in [-0.39, 0.29) is 17.8 Å². The van der Waals surface area contributed by atoms with Crippen molar-refractivity contribution in [2.24, 2.45) is 5.92 Å². The molecular weight excluding hydrogens is 278 g/mol. The van der Waals surface area contributed by atoms with Crippen molar-refractivity contribution in [3.63, 3.8) is 0 Å². The van der Waals surface area contributed by atoms with E-state index in [4.69, 9.17) is 16.3 Å². The first-order chi connectivity index (χ1) is 9.51. The van der Waals surface area contributed by atoms with Crippen molar-refractivity contribution in [2.45, 2.75) is 19.4 Å². The number of carbonyl (C=O) groups excluding carboxylic acids is 1. The van der Waals surface area contributed by atoms with Gasteiger partial charge >= 0.3 is 0 Å². The first-order valence-electron chi connectivity index (χ1n) is 6.78. The summed E-state index contributed by atoms with van der Waals surface area (Å²) < 4.78 is 5.07. The Morgan fingerprint density at radius 2 is 2.30 bits per heavy atom. The predicted molar refractivity (Wildman–Crippen MR) is 78.6 cm³/mol. The number of hydrogen-bond donors (Lipinski definition) is 1. The molecule has 0 bridgehead atoms. The molecule has 2 unspecified atom stereocenters. The Morgan fingerprint density at radius 1 is 1.55 bits per heavy atom. The van der Waals surface area contributed by atoms with E-state index in [0.717, 1.165) is 19.5 Å². The maximum absolute atomic E-state index is 12.2. The number of halogens is 1. The lowest BCUT2D eigenvalue weighted by atomic mass is 9.96. The van der Waals surface area contributed by atoms with E-state index in [1.54, 1.807) is 25.3 Å². The van der Waals surface area contributed by atoms with Crippen LogP contribution in [0.3, 0.4) is 0 Å². The molecule has 2 rings (SSSR count). The third kappa shape index (κ3) is 3.51. The third-order valence-corrected chi connectivity index (χ3v) is 4.08. The topological polar surface area (TPSA) is 49.8 Å². The number of rotatable bonds is 4. The van der Waals surface area contributed by atoms with Crippen molar-refractivity contribution in [1.29, 1.82) is 0 Å². The van der Waals surface area contributed by atoms with E-state index in [0.29, 0.717) is 22.9 Å². The van der Waals surface area contributed by atoms with Crippen LogP contribution in [0.15, 0.2) is 18.2 Å². The van der Waals surface area contributed by atoms with Gasteiger partial charge in [-0.2, -0.15) is 0 Å². The van der Waals surface area contributed by atoms with Crippen LogP contribution in [-0.2, 0) is 0 Å². The van der Waals surface area contributed by atoms with Gasteiger partial charge in [0.25, 0.3) is 0 Å². The number of ketones is 1. The Balaban J connectivity index is 2.00. The lowest BCUT2D eigenvalue weighted by molar-refractivity contribution is 0.0344. The second-order valence-corrected chi connectivity index (χ2v) is 5.75. The number of piperidine rings is 1. The highest BCUT2D eigenvalue weighted by Crippen LogP contribution is 2.25. The highest BCUT2D eigenvalue weighted by molar-refractivity contribution is 6.32. The van der Waals surface area contributed by atoms with Crippen molar-refractivity contribution in [1.82, 2.24) is 4.90 Å². The van der Waals surface area contributed by atoms with Gasteiger partial charge in [-0.15, -0.1) is 0 Å². The van der Waals surface area contributed by atoms with E-state index >= 15 is 0 Å². The molecular formula is C15H20ClNO3. The average molecular weight is 298 g/mol. The molecule has 1 aliphatic rings. The Bertz CT molecular complexity index is 492. The number of ether oxygens (including phenoxy) is 1. The van der Waals surface area contributed by atoms with Crippen LogP contribution in [0.5, 0.6) is 5.75 Å². The minimum absolute atomic E-state index is 0.0399. The monoisotopic (exact) mass is 297 g/mol. The zero-order valence-corrected chi connectivity index (χ0v) is 12.6. The second kappa shape index (κ2) is 6.57. The number of benzene rings is 1. The van der Waals surface area contributed by atoms with Gasteiger partial charge in [0, 0.05) is 18.7 Å². The maximum atomic E-state index is 12.2. The van der Waals surface area contributed by atoms with Crippen LogP contribution in [0.2, 0.25) is 5.02 Å². The van der Waals surface area contributed by atoms with Gasteiger partial charge in [-0.1, -0.05) is 18.5 Å². The van der Waals surface area contributed by atoms with E-state index in [9.17, 15) is 9.90 Å². The molecule has 1 saturated heterocycles. The standard InChI is InChI=1S/C15H20ClNO3/c1-10-8-17(6-5-13(10)18)9-14(19)11-3-4-15(20-2)12(16)7-11/h3-4,7,10,13,18H,5-6,8-9H2,1-2H3. The number of aliphatic hydroxyl groups excluding tert-OH is 1. The molecule has 0 radical (unpaired) electrons. The van der Waals surface area contributed by atoms with Crippen molar-refractivity contribution >= 4 is 17.4 Å². The summed E-state index contributed by atoms with van der Waals surface area (Å²) in [5.74, 6) is 0.812. The smallest absolute Gasteiger partial charge is 0.176 e. The normalized spacial score (nSPS) is 23.6. The molecule has 1 heterocycles. The van der Waals surface area contributed by atoms with Gasteiger partial charge in [0.05, 0.1) is 24.8 Å². The molecule has 0 aromatic heterocycles. The van der Waals surface area contributed by atoms with Crippen LogP contribution in [0.1, 0.15) is 23.7 Å². The zero-order chi connectivity index (χ0) is 14.7. The maximum Gasteiger partial charge on any atom is 0.176 e. The van der Waals surface area contributed by atoms with E-state index in [2.05, 4.69) is 4.90 Å². The molecule has 0 aliphatic carbocycles. The number of aliphatic hydroxyl groups is 1. The summed E-state index contributed by atoms with van der Waals surface area (Å²) in [6.45, 7) is 3.86. The number of Topliss-reactive ketones (excluding diaryl/α,β-unsaturated/α-hetero) is 1. The lowest BCUT2D eigenvalue weighted by Gasteiger charge is -2.33. The molecule has 0 saturated carbocycles. The molecule has 20 heavy (non-hydrogen) atoms. The summed E-state index contributed by atoms with van der Waals surface area (Å²) in [7, 11) is 1.54. The first-order valence-corrected chi connectivity index (χ1v) is 7.16. The number of likely N-dealkylation sites (tertiary alicyclic amines) is 1. The second-order valence-electron chi connectivity index (χ2n) is 5.34. The fraction of sp³-hybridized carbons (Fsp3) is 0.533. The van der Waals surface area contributed by atoms with Gasteiger partial charge in [-0.3, -0.25) is 9.69 Å². The van der Waals surface area contributed by atoms with E-state index in [1.807, 2.05) is 6.92 Å². The molecule has 0 amide bonds. The Kier molecular flexibility index (Phi) is 5.02. The summed E-state index contributed by atoms with van der Waals surface area (Å²) in [4.78, 5) is 14.3. The molecule has 5 heteroatoms. The summed E-state index contributed by atoms with van der Waals surface area (Å²) in [5, 5.41) is 10.1. The van der Waals surface area contributed by atoms with Gasteiger partial charge < -0.3 is 9.84 Å². The highest BCUT2D eigenvalue weighted by Gasteiger charge is 2.25. The third-order valence-electron chi connectivity index (χ3n) is 3.79. The highest BCUT2D eigenvalue weighted by atomic mass is 35.5. The van der Waals surface area contributed by atoms with Crippen molar-refractivity contribution in [3.05, 3.63) is 28.8 Å². The molecule has 1 aromatic carbocycles. The number of nitrogens with zero attached hydrogens (tertiary/aromatic N) is 1. The quantitative estimate of drug-likeness (QED) is 0.866. The molecule has 110 valence electrons. The molecule has 1 aromatic rings. The Morgan fingerprint density at radius 3 is 2.90 bits per heavy atom. The van der Waals surface area contributed by atoms with Gasteiger partial charge in [-0.05, 0) is 30.5 Å². The van der Waals surface area contributed by atoms with Crippen LogP contribution in [0.4, 0.5) is 0 Å². The van der Waals surface area contributed by atoms with Crippen molar-refractivity contribution < 1.29 is 14.6 Å². The summed E-state index contributed by atoms with van der Waals surface area (Å²) in [6, 6.07) is 5.08. The fourth-order valence-electron chi connectivity index (χ4n) is 2.50. The molecule has 0 spiro atoms. The minimum Gasteiger partial charge on any atom is -0.495 e. The Hall–Kier alpha value is -1.10. The number of hydrogen-bond acceptors (Lipinski definition) is 4. The molecule has 2 atom stereocenters. The first kappa shape index (κ1) is 15.3. The molecule has 1 fully saturated rings. The van der Waals surface area contributed by atoms with Gasteiger partial charge in [-0.25, -0.2) is 0 Å². The number of methoxy groups -OCH3 is 1. The van der Waals surface area contributed by atoms with Gasteiger partial charge in [0.2, 0.25) is 0 Å². The van der Waals surface area contributed by atoms with Crippen LogP contribution in [-0.4, -0.2) is 48.6 Å². The van der Waals surface area contributed by atoms with Crippen LogP contribution in [0.25, 0.3) is 0 Å². The van der Waals surface area contributed by atoms with E-state index in [1.165, 1.54) is 0 Å². The molecule has 1 aliphatic heterocycles. The van der Waals surface area contributed by atoms with Gasteiger partial charge in [0.15, 0.2) is 5.78 Å². The van der Waals surface area contributed by atoms with Crippen molar-refractivity contribution in [3.8, 4) is 5.75 Å². The zero-order valence-electron chi connectivity index (χ0n) is 11.8.